The number of carbonyl (C=O) groups is 1. The van der Waals surface area contributed by atoms with Gasteiger partial charge in [-0.3, -0.25) is 9.89 Å². The molecule has 0 saturated carbocycles. The van der Waals surface area contributed by atoms with Gasteiger partial charge in [-0.1, -0.05) is 19.1 Å². The molecule has 1 aromatic carbocycles. The van der Waals surface area contributed by atoms with E-state index in [1.54, 1.807) is 11.9 Å². The van der Waals surface area contributed by atoms with Crippen molar-refractivity contribution >= 4 is 17.4 Å². The average Bonchev–Trinajstić information content (AvgIpc) is 2.84. The Kier molecular flexibility index (Phi) is 3.32. The molecule has 18 heavy (non-hydrogen) atoms. The number of nitrogen functional groups attached to an aromatic ring is 1. The van der Waals surface area contributed by atoms with Crippen LogP contribution in [0.25, 0.3) is 0 Å². The third-order valence-electron chi connectivity index (χ3n) is 2.86. The quantitative estimate of drug-likeness (QED) is 0.865. The van der Waals surface area contributed by atoms with Crippen LogP contribution in [-0.4, -0.2) is 23.2 Å². The van der Waals surface area contributed by atoms with Gasteiger partial charge in [-0.2, -0.15) is 5.10 Å². The fourth-order valence-corrected chi connectivity index (χ4v) is 1.70. The lowest BCUT2D eigenvalue weighted by Gasteiger charge is -2.16. The first-order chi connectivity index (χ1) is 8.61. The number of aromatic nitrogens is 2. The molecule has 5 nitrogen and oxygen atoms in total. The number of H-pyrrole nitrogens is 1. The van der Waals surface area contributed by atoms with Crippen LogP contribution in [0.5, 0.6) is 0 Å². The lowest BCUT2D eigenvalue weighted by molar-refractivity contribution is 0.0988. The SMILES string of the molecule is CCc1ccc(N(C)C(=O)c2cc(N)n[nH]2)cc1. The topological polar surface area (TPSA) is 75.0 Å². The fraction of sp³-hybridized carbons (Fsp3) is 0.231. The minimum Gasteiger partial charge on any atom is -0.382 e. The van der Waals surface area contributed by atoms with Gasteiger partial charge in [0.05, 0.1) is 0 Å². The molecule has 2 aromatic rings. The van der Waals surface area contributed by atoms with Gasteiger partial charge in [-0.15, -0.1) is 0 Å². The first-order valence-corrected chi connectivity index (χ1v) is 5.79. The molecule has 0 bridgehead atoms. The van der Waals surface area contributed by atoms with Crippen LogP contribution in [0.2, 0.25) is 0 Å². The highest BCUT2D eigenvalue weighted by atomic mass is 16.2. The Balaban J connectivity index is 2.19. The Morgan fingerprint density at radius 2 is 2.06 bits per heavy atom. The minimum absolute atomic E-state index is 0.163. The van der Waals surface area contributed by atoms with Crippen molar-refractivity contribution < 1.29 is 4.79 Å². The highest BCUT2D eigenvalue weighted by Gasteiger charge is 2.15. The van der Waals surface area contributed by atoms with Crippen LogP contribution < -0.4 is 10.6 Å². The number of amides is 1. The van der Waals surface area contributed by atoms with Crippen LogP contribution >= 0.6 is 0 Å². The van der Waals surface area contributed by atoms with Crippen LogP contribution in [0.1, 0.15) is 23.0 Å². The van der Waals surface area contributed by atoms with E-state index >= 15 is 0 Å². The maximum absolute atomic E-state index is 12.1. The lowest BCUT2D eigenvalue weighted by Crippen LogP contribution is -2.26. The number of anilines is 2. The van der Waals surface area contributed by atoms with Crippen molar-refractivity contribution in [1.29, 1.82) is 0 Å². The largest absolute Gasteiger partial charge is 0.382 e. The summed E-state index contributed by atoms with van der Waals surface area (Å²) < 4.78 is 0. The number of nitrogens with two attached hydrogens (primary N) is 1. The van der Waals surface area contributed by atoms with Gasteiger partial charge in [-0.05, 0) is 24.1 Å². The number of nitrogens with one attached hydrogen (secondary N) is 1. The predicted octanol–water partition coefficient (Wildman–Crippen LogP) is 1.83. The van der Waals surface area contributed by atoms with Crippen molar-refractivity contribution in [3.8, 4) is 0 Å². The zero-order valence-electron chi connectivity index (χ0n) is 10.5. The van der Waals surface area contributed by atoms with Gasteiger partial charge in [0.2, 0.25) is 0 Å². The van der Waals surface area contributed by atoms with E-state index in [2.05, 4.69) is 17.1 Å². The molecule has 1 amide bonds. The van der Waals surface area contributed by atoms with Gasteiger partial charge >= 0.3 is 0 Å². The highest BCUT2D eigenvalue weighted by molar-refractivity contribution is 6.04. The zero-order valence-corrected chi connectivity index (χ0v) is 10.5. The molecule has 1 aromatic heterocycles. The van der Waals surface area contributed by atoms with Crippen molar-refractivity contribution in [3.63, 3.8) is 0 Å². The number of nitrogens with zero attached hydrogens (tertiary/aromatic N) is 2. The summed E-state index contributed by atoms with van der Waals surface area (Å²) in [5.74, 6) is 0.150. The van der Waals surface area contributed by atoms with E-state index in [0.29, 0.717) is 11.5 Å². The van der Waals surface area contributed by atoms with Gasteiger partial charge in [0, 0.05) is 18.8 Å². The zero-order chi connectivity index (χ0) is 13.1. The van der Waals surface area contributed by atoms with E-state index < -0.39 is 0 Å². The summed E-state index contributed by atoms with van der Waals surface area (Å²) in [6.45, 7) is 2.09. The third kappa shape index (κ3) is 2.34. The summed E-state index contributed by atoms with van der Waals surface area (Å²) in [4.78, 5) is 13.7. The summed E-state index contributed by atoms with van der Waals surface area (Å²) in [6, 6.07) is 9.41. The summed E-state index contributed by atoms with van der Waals surface area (Å²) in [6.07, 6.45) is 0.981. The Hall–Kier alpha value is -2.30. The molecule has 0 aliphatic rings. The molecule has 3 N–H and O–H groups in total. The second-order valence-corrected chi connectivity index (χ2v) is 4.09. The molecule has 0 atom stereocenters. The van der Waals surface area contributed by atoms with Gasteiger partial charge in [0.1, 0.15) is 11.5 Å². The summed E-state index contributed by atoms with van der Waals surface area (Å²) >= 11 is 0. The molecular formula is C13H16N4O. The summed E-state index contributed by atoms with van der Waals surface area (Å²) in [5.41, 5.74) is 7.94. The predicted molar refractivity (Wildman–Crippen MR) is 71.6 cm³/mol. The van der Waals surface area contributed by atoms with E-state index in [1.165, 1.54) is 11.6 Å². The molecule has 0 saturated heterocycles. The van der Waals surface area contributed by atoms with Crippen LogP contribution in [0.3, 0.4) is 0 Å². The summed E-state index contributed by atoms with van der Waals surface area (Å²) in [5, 5.41) is 6.36. The van der Waals surface area contributed by atoms with Crippen molar-refractivity contribution in [2.45, 2.75) is 13.3 Å². The molecule has 2 rings (SSSR count). The highest BCUT2D eigenvalue weighted by Crippen LogP contribution is 2.16. The number of rotatable bonds is 3. The molecule has 94 valence electrons. The number of aryl methyl sites for hydroxylation is 1. The van der Waals surface area contributed by atoms with E-state index in [9.17, 15) is 4.79 Å². The molecule has 0 unspecified atom stereocenters. The molecule has 0 aliphatic carbocycles. The molecule has 5 heteroatoms. The van der Waals surface area contributed by atoms with Crippen molar-refractivity contribution in [2.24, 2.45) is 0 Å². The van der Waals surface area contributed by atoms with Gasteiger partial charge in [-0.25, -0.2) is 0 Å². The number of hydrogen-bond acceptors (Lipinski definition) is 3. The first kappa shape index (κ1) is 12.2. The standard InChI is InChI=1S/C13H16N4O/c1-3-9-4-6-10(7-5-9)17(2)13(18)11-8-12(14)16-15-11/h4-8H,3H2,1-2H3,(H3,14,15,16). The van der Waals surface area contributed by atoms with Gasteiger partial charge in [0.25, 0.3) is 5.91 Å². The van der Waals surface area contributed by atoms with E-state index in [4.69, 9.17) is 5.73 Å². The Morgan fingerprint density at radius 3 is 2.56 bits per heavy atom. The lowest BCUT2D eigenvalue weighted by atomic mass is 10.1. The monoisotopic (exact) mass is 244 g/mol. The Labute approximate surface area is 106 Å². The van der Waals surface area contributed by atoms with Crippen LogP contribution in [-0.2, 0) is 6.42 Å². The summed E-state index contributed by atoms with van der Waals surface area (Å²) in [7, 11) is 1.72. The fourth-order valence-electron chi connectivity index (χ4n) is 1.70. The second-order valence-electron chi connectivity index (χ2n) is 4.09. The van der Waals surface area contributed by atoms with Crippen molar-refractivity contribution in [2.75, 3.05) is 17.7 Å². The molecule has 0 spiro atoms. The Bertz CT molecular complexity index is 544. The number of carbonyl (C=O) groups excluding carboxylic acids is 1. The van der Waals surface area contributed by atoms with E-state index in [1.807, 2.05) is 24.3 Å². The van der Waals surface area contributed by atoms with Gasteiger partial charge < -0.3 is 10.6 Å². The van der Waals surface area contributed by atoms with Crippen LogP contribution in [0, 0.1) is 0 Å². The first-order valence-electron chi connectivity index (χ1n) is 5.79. The number of aromatic amines is 1. The van der Waals surface area contributed by atoms with Gasteiger partial charge in [0.15, 0.2) is 0 Å². The number of hydrogen-bond donors (Lipinski definition) is 2. The maximum Gasteiger partial charge on any atom is 0.276 e. The second kappa shape index (κ2) is 4.91. The van der Waals surface area contributed by atoms with E-state index in [-0.39, 0.29) is 5.91 Å². The van der Waals surface area contributed by atoms with E-state index in [0.717, 1.165) is 12.1 Å². The molecule has 0 radical (unpaired) electrons. The Morgan fingerprint density at radius 1 is 1.39 bits per heavy atom. The average molecular weight is 244 g/mol. The molecule has 1 heterocycles. The minimum atomic E-state index is -0.163. The van der Waals surface area contributed by atoms with Crippen molar-refractivity contribution in [3.05, 3.63) is 41.6 Å². The molecule has 0 aliphatic heterocycles. The van der Waals surface area contributed by atoms with Crippen LogP contribution in [0.4, 0.5) is 11.5 Å². The smallest absolute Gasteiger partial charge is 0.276 e. The van der Waals surface area contributed by atoms with Crippen LogP contribution in [0.15, 0.2) is 30.3 Å². The normalized spacial score (nSPS) is 10.3. The molecular weight excluding hydrogens is 228 g/mol. The number of benzene rings is 1. The third-order valence-corrected chi connectivity index (χ3v) is 2.86. The maximum atomic E-state index is 12.1. The molecule has 0 fully saturated rings. The van der Waals surface area contributed by atoms with Crippen molar-refractivity contribution in [1.82, 2.24) is 10.2 Å².